The molecule has 86 valence electrons. The zero-order valence-corrected chi connectivity index (χ0v) is 9.21. The summed E-state index contributed by atoms with van der Waals surface area (Å²) in [7, 11) is -3.69. The molecule has 0 radical (unpaired) electrons. The summed E-state index contributed by atoms with van der Waals surface area (Å²) < 4.78 is 28.1. The van der Waals surface area contributed by atoms with Crippen LogP contribution in [-0.4, -0.2) is 21.0 Å². The minimum atomic E-state index is -3.69. The summed E-state index contributed by atoms with van der Waals surface area (Å²) in [6, 6.07) is 4.03. The smallest absolute Gasteiger partial charge is 0.262 e. The van der Waals surface area contributed by atoms with Crippen LogP contribution in [0.1, 0.15) is 17.3 Å². The van der Waals surface area contributed by atoms with Gasteiger partial charge >= 0.3 is 0 Å². The van der Waals surface area contributed by atoms with Crippen molar-refractivity contribution in [2.75, 3.05) is 6.79 Å². The maximum Gasteiger partial charge on any atom is 0.262 e. The number of Topliss-reactive ketones (excluding diaryl/α,β-unsaturated/α-hetero) is 1. The van der Waals surface area contributed by atoms with Crippen LogP contribution in [0.3, 0.4) is 0 Å². The summed E-state index contributed by atoms with van der Waals surface area (Å²) in [5.74, 6) is 0.00237. The van der Waals surface area contributed by atoms with E-state index in [0.29, 0.717) is 5.56 Å². The number of ketones is 1. The average molecular weight is 243 g/mol. The number of carbonyl (C=O) groups is 1. The van der Waals surface area contributed by atoms with Gasteiger partial charge in [-0.15, -0.1) is 0 Å². The van der Waals surface area contributed by atoms with Crippen molar-refractivity contribution in [1.82, 2.24) is 4.89 Å². The first-order chi connectivity index (χ1) is 7.50. The second-order valence-corrected chi connectivity index (χ2v) is 4.85. The van der Waals surface area contributed by atoms with Gasteiger partial charge in [-0.2, -0.15) is 0 Å². The minimum Gasteiger partial charge on any atom is -0.465 e. The van der Waals surface area contributed by atoms with E-state index >= 15 is 0 Å². The monoisotopic (exact) mass is 243 g/mol. The molecule has 2 rings (SSSR count). The lowest BCUT2D eigenvalue weighted by molar-refractivity contribution is -0.0151. The van der Waals surface area contributed by atoms with Crippen LogP contribution in [0.2, 0.25) is 0 Å². The van der Waals surface area contributed by atoms with E-state index in [2.05, 4.69) is 4.84 Å². The third-order valence-electron chi connectivity index (χ3n) is 2.08. The molecule has 6 nitrogen and oxygen atoms in total. The van der Waals surface area contributed by atoms with Gasteiger partial charge in [-0.3, -0.25) is 4.79 Å². The fourth-order valence-electron chi connectivity index (χ4n) is 1.32. The van der Waals surface area contributed by atoms with Gasteiger partial charge in [-0.05, 0) is 19.1 Å². The number of ether oxygens (including phenoxy) is 1. The van der Waals surface area contributed by atoms with Gasteiger partial charge in [0.2, 0.25) is 6.79 Å². The molecule has 1 aliphatic heterocycles. The normalized spacial score (nSPS) is 18.1. The van der Waals surface area contributed by atoms with Gasteiger partial charge in [0, 0.05) is 6.07 Å². The van der Waals surface area contributed by atoms with Gasteiger partial charge in [0.1, 0.15) is 5.75 Å². The quantitative estimate of drug-likeness (QED) is 0.724. The summed E-state index contributed by atoms with van der Waals surface area (Å²) in [6.45, 7) is 1.09. The zero-order valence-electron chi connectivity index (χ0n) is 8.39. The molecule has 1 aromatic carbocycles. The Balaban J connectivity index is 2.60. The van der Waals surface area contributed by atoms with Crippen LogP contribution in [0.25, 0.3) is 0 Å². The van der Waals surface area contributed by atoms with Gasteiger partial charge in [0.25, 0.3) is 10.0 Å². The summed E-state index contributed by atoms with van der Waals surface area (Å²) >= 11 is 0. The molecule has 2 bridgehead atoms. The van der Waals surface area contributed by atoms with Crippen molar-refractivity contribution in [1.29, 1.82) is 0 Å². The number of rotatable bonds is 1. The van der Waals surface area contributed by atoms with Gasteiger partial charge in [0.15, 0.2) is 5.78 Å². The molecule has 1 N–H and O–H groups in total. The largest absolute Gasteiger partial charge is 0.465 e. The number of nitrogens with one attached hydrogen (secondary N) is 1. The summed E-state index contributed by atoms with van der Waals surface area (Å²) in [4.78, 5) is 17.7. The van der Waals surface area contributed by atoms with Gasteiger partial charge in [-0.25, -0.2) is 13.3 Å². The van der Waals surface area contributed by atoms with Crippen LogP contribution in [0.15, 0.2) is 23.1 Å². The lowest BCUT2D eigenvalue weighted by Gasteiger charge is -2.15. The molecule has 16 heavy (non-hydrogen) atoms. The lowest BCUT2D eigenvalue weighted by Crippen LogP contribution is -2.28. The highest BCUT2D eigenvalue weighted by Gasteiger charge is 2.20. The van der Waals surface area contributed by atoms with Crippen molar-refractivity contribution in [2.24, 2.45) is 0 Å². The molecule has 1 aromatic rings. The standard InChI is InChI=1S/C9H9NO5S/c1-6(11)8-3-2-7-4-9(8)14-5-15-10-16(7,12)13/h2-4,10H,5H2,1H3. The van der Waals surface area contributed by atoms with E-state index in [1.54, 1.807) is 0 Å². The summed E-state index contributed by atoms with van der Waals surface area (Å²) in [5.41, 5.74) is 0.324. The van der Waals surface area contributed by atoms with Crippen molar-refractivity contribution in [3.05, 3.63) is 23.8 Å². The first-order valence-electron chi connectivity index (χ1n) is 4.42. The highest BCUT2D eigenvalue weighted by Crippen LogP contribution is 2.24. The topological polar surface area (TPSA) is 81.7 Å². The van der Waals surface area contributed by atoms with Crippen molar-refractivity contribution in [2.45, 2.75) is 11.8 Å². The maximum atomic E-state index is 11.5. The Labute approximate surface area is 92.2 Å². The molecule has 0 saturated heterocycles. The number of benzene rings is 1. The molecule has 0 unspecified atom stereocenters. The molecule has 1 heterocycles. The molecule has 0 fully saturated rings. The molecular weight excluding hydrogens is 234 g/mol. The van der Waals surface area contributed by atoms with Gasteiger partial charge in [-0.1, -0.05) is 4.89 Å². The molecule has 0 amide bonds. The third kappa shape index (κ3) is 1.92. The Bertz CT molecular complexity index is 537. The highest BCUT2D eigenvalue weighted by molar-refractivity contribution is 7.89. The van der Waals surface area contributed by atoms with Crippen molar-refractivity contribution < 1.29 is 22.8 Å². The van der Waals surface area contributed by atoms with Gasteiger partial charge in [0.05, 0.1) is 10.5 Å². The van der Waals surface area contributed by atoms with Crippen molar-refractivity contribution >= 4 is 15.8 Å². The molecule has 0 saturated carbocycles. The Kier molecular flexibility index (Phi) is 2.66. The molecule has 0 atom stereocenters. The zero-order chi connectivity index (χ0) is 11.8. The van der Waals surface area contributed by atoms with Crippen LogP contribution in [0, 0.1) is 0 Å². The fourth-order valence-corrected chi connectivity index (χ4v) is 2.13. The molecular formula is C9H9NO5S. The molecule has 0 spiro atoms. The molecule has 7 heteroatoms. The lowest BCUT2D eigenvalue weighted by atomic mass is 10.1. The number of fused-ring (bicyclic) bond motifs is 2. The average Bonchev–Trinajstić information content (AvgIpc) is 2.22. The van der Waals surface area contributed by atoms with Crippen LogP contribution < -0.4 is 9.62 Å². The SMILES string of the molecule is CC(=O)c1ccc2cc1OCONS2(=O)=O. The maximum absolute atomic E-state index is 11.5. The number of hydrogen-bond donors (Lipinski definition) is 1. The van der Waals surface area contributed by atoms with Crippen LogP contribution >= 0.6 is 0 Å². The summed E-state index contributed by atoms with van der Waals surface area (Å²) in [6.07, 6.45) is 0. The van der Waals surface area contributed by atoms with Crippen molar-refractivity contribution in [3.8, 4) is 5.75 Å². The van der Waals surface area contributed by atoms with Crippen LogP contribution in [-0.2, 0) is 14.9 Å². The molecule has 0 aromatic heterocycles. The Morgan fingerprint density at radius 3 is 2.88 bits per heavy atom. The van der Waals surface area contributed by atoms with E-state index in [1.165, 1.54) is 25.1 Å². The van der Waals surface area contributed by atoms with Crippen LogP contribution in [0.4, 0.5) is 0 Å². The first-order valence-corrected chi connectivity index (χ1v) is 5.90. The first kappa shape index (κ1) is 11.1. The minimum absolute atomic E-state index is 0.00722. The third-order valence-corrected chi connectivity index (χ3v) is 3.30. The number of sulfonamides is 1. The predicted octanol–water partition coefficient (Wildman–Crippen LogP) is 0.449. The van der Waals surface area contributed by atoms with E-state index in [1.807, 2.05) is 4.89 Å². The predicted molar refractivity (Wildman–Crippen MR) is 53.3 cm³/mol. The van der Waals surface area contributed by atoms with E-state index in [0.717, 1.165) is 0 Å². The fraction of sp³-hybridized carbons (Fsp3) is 0.222. The van der Waals surface area contributed by atoms with E-state index in [4.69, 9.17) is 4.74 Å². The molecule has 1 aliphatic rings. The van der Waals surface area contributed by atoms with E-state index in [9.17, 15) is 13.2 Å². The Morgan fingerprint density at radius 2 is 2.19 bits per heavy atom. The Morgan fingerprint density at radius 1 is 1.44 bits per heavy atom. The second-order valence-electron chi connectivity index (χ2n) is 3.21. The second kappa shape index (κ2) is 3.85. The van der Waals surface area contributed by atoms with Crippen LogP contribution in [0.5, 0.6) is 5.75 Å². The number of hydrogen-bond acceptors (Lipinski definition) is 5. The van der Waals surface area contributed by atoms with E-state index < -0.39 is 10.0 Å². The highest BCUT2D eigenvalue weighted by atomic mass is 32.2. The van der Waals surface area contributed by atoms with E-state index in [-0.39, 0.29) is 23.2 Å². The van der Waals surface area contributed by atoms with Crippen molar-refractivity contribution in [3.63, 3.8) is 0 Å². The molecule has 0 aliphatic carbocycles. The number of carbonyl (C=O) groups excluding carboxylic acids is 1. The summed E-state index contributed by atoms with van der Waals surface area (Å²) in [5, 5.41) is 0. The Hall–Kier alpha value is -1.44. The van der Waals surface area contributed by atoms with Gasteiger partial charge < -0.3 is 4.74 Å².